The van der Waals surface area contributed by atoms with Crippen molar-refractivity contribution >= 4 is 12.0 Å². The molecule has 0 aliphatic carbocycles. The number of esters is 1. The van der Waals surface area contributed by atoms with Crippen LogP contribution in [0.1, 0.15) is 78.1 Å². The van der Waals surface area contributed by atoms with Crippen molar-refractivity contribution in [3.8, 4) is 5.75 Å². The Labute approximate surface area is 167 Å². The van der Waals surface area contributed by atoms with Crippen molar-refractivity contribution in [2.45, 2.75) is 72.3 Å². The third-order valence-corrected chi connectivity index (χ3v) is 4.85. The summed E-state index contributed by atoms with van der Waals surface area (Å²) in [5, 5.41) is 16.4. The number of ether oxygens (including phenoxy) is 1. The van der Waals surface area contributed by atoms with Crippen molar-refractivity contribution in [1.82, 2.24) is 10.6 Å². The Balaban J connectivity index is 2.75. The van der Waals surface area contributed by atoms with Gasteiger partial charge in [-0.1, -0.05) is 41.5 Å². The number of rotatable bonds is 3. The minimum absolute atomic E-state index is 0.242. The molecule has 2 amide bonds. The van der Waals surface area contributed by atoms with Gasteiger partial charge in [-0.25, -0.2) is 9.59 Å². The summed E-state index contributed by atoms with van der Waals surface area (Å²) in [7, 11) is 0. The second kappa shape index (κ2) is 7.49. The molecule has 154 valence electrons. The summed E-state index contributed by atoms with van der Waals surface area (Å²) >= 11 is 0. The number of hydrogen-bond donors (Lipinski definition) is 3. The number of nitrogens with one attached hydrogen (secondary N) is 2. The van der Waals surface area contributed by atoms with Crippen LogP contribution in [0.2, 0.25) is 0 Å². The van der Waals surface area contributed by atoms with Crippen molar-refractivity contribution in [2.24, 2.45) is 0 Å². The Morgan fingerprint density at radius 3 is 2.04 bits per heavy atom. The van der Waals surface area contributed by atoms with E-state index in [4.69, 9.17) is 4.74 Å². The maximum Gasteiger partial charge on any atom is 0.338 e. The summed E-state index contributed by atoms with van der Waals surface area (Å²) in [6.45, 7) is 15.8. The Bertz CT molecular complexity index is 791. The molecule has 2 rings (SSSR count). The van der Waals surface area contributed by atoms with E-state index < -0.39 is 12.0 Å². The first-order valence-electron chi connectivity index (χ1n) is 9.60. The lowest BCUT2D eigenvalue weighted by Crippen LogP contribution is -2.45. The Hall–Kier alpha value is -2.50. The van der Waals surface area contributed by atoms with Gasteiger partial charge in [0.15, 0.2) is 0 Å². The molecule has 0 bridgehead atoms. The zero-order valence-corrected chi connectivity index (χ0v) is 18.1. The molecule has 1 aliphatic heterocycles. The normalized spacial score (nSPS) is 17.9. The van der Waals surface area contributed by atoms with Gasteiger partial charge in [-0.3, -0.25) is 0 Å². The summed E-state index contributed by atoms with van der Waals surface area (Å²) in [6, 6.07) is 2.70. The third-order valence-electron chi connectivity index (χ3n) is 4.85. The average molecular weight is 389 g/mol. The second-order valence-corrected chi connectivity index (χ2v) is 9.26. The number of allylic oxidation sites excluding steroid dienone is 1. The van der Waals surface area contributed by atoms with Gasteiger partial charge in [-0.05, 0) is 53.5 Å². The fraction of sp³-hybridized carbons (Fsp3) is 0.545. The van der Waals surface area contributed by atoms with Gasteiger partial charge >= 0.3 is 12.0 Å². The maximum atomic E-state index is 12.6. The van der Waals surface area contributed by atoms with Gasteiger partial charge in [-0.2, -0.15) is 0 Å². The summed E-state index contributed by atoms with van der Waals surface area (Å²) in [6.07, 6.45) is 0. The molecule has 28 heavy (non-hydrogen) atoms. The van der Waals surface area contributed by atoms with E-state index in [9.17, 15) is 14.7 Å². The first kappa shape index (κ1) is 21.8. The SMILES string of the molecule is CCOC(=O)C1=C(C)NC(=O)N[C@H]1c1cc(C(C)(C)C)c(O)c(C(C)(C)C)c1. The lowest BCUT2D eigenvalue weighted by Gasteiger charge is -2.32. The van der Waals surface area contributed by atoms with E-state index >= 15 is 0 Å². The topological polar surface area (TPSA) is 87.7 Å². The molecular formula is C22H32N2O4. The first-order chi connectivity index (χ1) is 12.8. The van der Waals surface area contributed by atoms with Crippen LogP contribution in [0.4, 0.5) is 4.79 Å². The van der Waals surface area contributed by atoms with Crippen molar-refractivity contribution in [2.75, 3.05) is 6.61 Å². The number of carbonyl (C=O) groups excluding carboxylic acids is 2. The number of carbonyl (C=O) groups is 2. The predicted molar refractivity (Wildman–Crippen MR) is 109 cm³/mol. The average Bonchev–Trinajstić information content (AvgIpc) is 2.52. The molecule has 0 radical (unpaired) electrons. The van der Waals surface area contributed by atoms with Gasteiger partial charge in [0.25, 0.3) is 0 Å². The molecule has 3 N–H and O–H groups in total. The van der Waals surface area contributed by atoms with Gasteiger partial charge < -0.3 is 20.5 Å². The number of aromatic hydroxyl groups is 1. The fourth-order valence-electron chi connectivity index (χ4n) is 3.39. The number of urea groups is 1. The molecule has 0 saturated heterocycles. The van der Waals surface area contributed by atoms with E-state index in [0.717, 1.165) is 16.7 Å². The largest absolute Gasteiger partial charge is 0.507 e. The number of amides is 2. The minimum atomic E-state index is -0.657. The molecule has 1 aromatic rings. The molecule has 6 nitrogen and oxygen atoms in total. The molecule has 0 saturated carbocycles. The molecule has 6 heteroatoms. The number of hydrogen-bond acceptors (Lipinski definition) is 4. The molecule has 1 aromatic carbocycles. The monoisotopic (exact) mass is 388 g/mol. The van der Waals surface area contributed by atoms with Crippen molar-refractivity contribution in [3.05, 3.63) is 40.1 Å². The first-order valence-corrected chi connectivity index (χ1v) is 9.60. The van der Waals surface area contributed by atoms with Crippen molar-refractivity contribution < 1.29 is 19.4 Å². The van der Waals surface area contributed by atoms with Crippen LogP contribution in [-0.2, 0) is 20.4 Å². The van der Waals surface area contributed by atoms with Crippen LogP contribution in [0, 0.1) is 0 Å². The fourth-order valence-corrected chi connectivity index (χ4v) is 3.39. The Kier molecular flexibility index (Phi) is 5.83. The van der Waals surface area contributed by atoms with Crippen LogP contribution < -0.4 is 10.6 Å². The quantitative estimate of drug-likeness (QED) is 0.678. The summed E-state index contributed by atoms with van der Waals surface area (Å²) in [5.41, 5.74) is 2.47. The van der Waals surface area contributed by atoms with Crippen LogP contribution in [-0.4, -0.2) is 23.7 Å². The molecule has 1 heterocycles. The lowest BCUT2D eigenvalue weighted by molar-refractivity contribution is -0.139. The van der Waals surface area contributed by atoms with Crippen molar-refractivity contribution in [3.63, 3.8) is 0 Å². The second-order valence-electron chi connectivity index (χ2n) is 9.26. The lowest BCUT2D eigenvalue weighted by atomic mass is 9.77. The number of benzene rings is 1. The molecule has 0 unspecified atom stereocenters. The van der Waals surface area contributed by atoms with Crippen LogP contribution in [0.3, 0.4) is 0 Å². The van der Waals surface area contributed by atoms with Gasteiger partial charge in [0.1, 0.15) is 5.75 Å². The number of phenolic OH excluding ortho intramolecular Hbond substituents is 1. The molecule has 0 aromatic heterocycles. The van der Waals surface area contributed by atoms with Crippen LogP contribution in [0.5, 0.6) is 5.75 Å². The predicted octanol–water partition coefficient (Wildman–Crippen LogP) is 4.18. The van der Waals surface area contributed by atoms with E-state index in [1.165, 1.54) is 0 Å². The molecule has 1 aliphatic rings. The molecule has 1 atom stereocenters. The van der Waals surface area contributed by atoms with Crippen LogP contribution >= 0.6 is 0 Å². The standard InChI is InChI=1S/C22H32N2O4/c1-9-28-19(26)16-12(2)23-20(27)24-17(16)13-10-14(21(3,4)5)18(25)15(11-13)22(6,7)8/h10-11,17,25H,9H2,1-8H3,(H2,23,24,27)/t17-/m0/s1. The van der Waals surface area contributed by atoms with Gasteiger partial charge in [-0.15, -0.1) is 0 Å². The maximum absolute atomic E-state index is 12.6. The van der Waals surface area contributed by atoms with Gasteiger partial charge in [0, 0.05) is 5.70 Å². The summed E-state index contributed by atoms with van der Waals surface area (Å²) in [4.78, 5) is 24.8. The number of phenols is 1. The Morgan fingerprint density at radius 2 is 1.61 bits per heavy atom. The molecular weight excluding hydrogens is 356 g/mol. The highest BCUT2D eigenvalue weighted by molar-refractivity contribution is 5.95. The third kappa shape index (κ3) is 4.32. The zero-order chi connectivity index (χ0) is 21.4. The minimum Gasteiger partial charge on any atom is -0.507 e. The van der Waals surface area contributed by atoms with Crippen molar-refractivity contribution in [1.29, 1.82) is 0 Å². The van der Waals surface area contributed by atoms with E-state index in [2.05, 4.69) is 10.6 Å². The highest BCUT2D eigenvalue weighted by Crippen LogP contribution is 2.42. The molecule has 0 spiro atoms. The molecule has 0 fully saturated rings. The summed E-state index contributed by atoms with van der Waals surface area (Å²) in [5.74, 6) is -0.220. The highest BCUT2D eigenvalue weighted by Gasteiger charge is 2.35. The zero-order valence-electron chi connectivity index (χ0n) is 18.1. The smallest absolute Gasteiger partial charge is 0.338 e. The van der Waals surface area contributed by atoms with Crippen LogP contribution in [0.25, 0.3) is 0 Å². The van der Waals surface area contributed by atoms with E-state index in [1.807, 2.05) is 53.7 Å². The summed E-state index contributed by atoms with van der Waals surface area (Å²) < 4.78 is 5.22. The van der Waals surface area contributed by atoms with Crippen LogP contribution in [0.15, 0.2) is 23.4 Å². The van der Waals surface area contributed by atoms with E-state index in [0.29, 0.717) is 11.3 Å². The Morgan fingerprint density at radius 1 is 1.11 bits per heavy atom. The van der Waals surface area contributed by atoms with Gasteiger partial charge in [0.05, 0.1) is 18.2 Å². The highest BCUT2D eigenvalue weighted by atomic mass is 16.5. The van der Waals surface area contributed by atoms with E-state index in [1.54, 1.807) is 13.8 Å². The van der Waals surface area contributed by atoms with E-state index in [-0.39, 0.29) is 29.2 Å². The van der Waals surface area contributed by atoms with Gasteiger partial charge in [0.2, 0.25) is 0 Å².